The largest absolute Gasteiger partial charge is 0.435 e. The highest BCUT2D eigenvalue weighted by Gasteiger charge is 2.12. The molecule has 3 nitrogen and oxygen atoms in total. The zero-order valence-corrected chi connectivity index (χ0v) is 12.5. The number of pyridine rings is 1. The van der Waals surface area contributed by atoms with Gasteiger partial charge in [0.25, 0.3) is 0 Å². The molecule has 0 spiro atoms. The van der Waals surface area contributed by atoms with Crippen molar-refractivity contribution in [3.63, 3.8) is 0 Å². The predicted molar refractivity (Wildman–Crippen MR) is 81.3 cm³/mol. The molecule has 2 rings (SSSR count). The Morgan fingerprint density at radius 2 is 2.05 bits per heavy atom. The second-order valence-corrected chi connectivity index (χ2v) is 4.90. The van der Waals surface area contributed by atoms with Gasteiger partial charge in [0.15, 0.2) is 0 Å². The fraction of sp³-hybridized carbons (Fsp3) is 0.438. The van der Waals surface area contributed by atoms with E-state index in [9.17, 15) is 8.78 Å². The van der Waals surface area contributed by atoms with Crippen LogP contribution < -0.4 is 10.1 Å². The van der Waals surface area contributed by atoms with Crippen LogP contribution in [0.5, 0.6) is 5.75 Å². The summed E-state index contributed by atoms with van der Waals surface area (Å²) in [5, 5.41) is 4.19. The molecule has 0 fully saturated rings. The lowest BCUT2D eigenvalue weighted by atomic mass is 10.0. The van der Waals surface area contributed by atoms with Crippen molar-refractivity contribution >= 4 is 16.6 Å². The second kappa shape index (κ2) is 6.70. The first-order valence-corrected chi connectivity index (χ1v) is 7.18. The van der Waals surface area contributed by atoms with Gasteiger partial charge < -0.3 is 10.1 Å². The summed E-state index contributed by atoms with van der Waals surface area (Å²) in [4.78, 5) is 4.60. The fourth-order valence-electron chi connectivity index (χ4n) is 2.39. The van der Waals surface area contributed by atoms with Crippen molar-refractivity contribution in [3.8, 4) is 5.75 Å². The van der Waals surface area contributed by atoms with Gasteiger partial charge in [-0.25, -0.2) is 0 Å². The van der Waals surface area contributed by atoms with Gasteiger partial charge in [0.05, 0.1) is 5.52 Å². The molecule has 2 aromatic rings. The van der Waals surface area contributed by atoms with Crippen LogP contribution in [0.15, 0.2) is 18.2 Å². The van der Waals surface area contributed by atoms with Gasteiger partial charge >= 0.3 is 6.61 Å². The van der Waals surface area contributed by atoms with E-state index in [0.717, 1.165) is 47.2 Å². The van der Waals surface area contributed by atoms with Crippen LogP contribution in [-0.2, 0) is 6.42 Å². The summed E-state index contributed by atoms with van der Waals surface area (Å²) in [5.74, 6) is 0.155. The number of benzene rings is 1. The number of alkyl halides is 2. The summed E-state index contributed by atoms with van der Waals surface area (Å²) in [6, 6.07) is 4.88. The molecule has 0 saturated heterocycles. The highest BCUT2D eigenvalue weighted by molar-refractivity contribution is 5.94. The van der Waals surface area contributed by atoms with Crippen LogP contribution in [0.2, 0.25) is 0 Å². The zero-order chi connectivity index (χ0) is 15.4. The molecule has 0 amide bonds. The quantitative estimate of drug-likeness (QED) is 0.850. The second-order valence-electron chi connectivity index (χ2n) is 4.90. The Labute approximate surface area is 123 Å². The van der Waals surface area contributed by atoms with Crippen LogP contribution >= 0.6 is 0 Å². The molecular weight excluding hydrogens is 274 g/mol. The third-order valence-corrected chi connectivity index (χ3v) is 3.41. The summed E-state index contributed by atoms with van der Waals surface area (Å²) < 4.78 is 29.2. The summed E-state index contributed by atoms with van der Waals surface area (Å²) in [7, 11) is 0. The van der Waals surface area contributed by atoms with Gasteiger partial charge in [0.1, 0.15) is 5.75 Å². The first kappa shape index (κ1) is 15.5. The van der Waals surface area contributed by atoms with Crippen LogP contribution in [0.3, 0.4) is 0 Å². The number of fused-ring (bicyclic) bond motifs is 1. The lowest BCUT2D eigenvalue weighted by Gasteiger charge is -2.16. The number of hydrogen-bond acceptors (Lipinski definition) is 3. The van der Waals surface area contributed by atoms with Gasteiger partial charge in [0, 0.05) is 23.3 Å². The molecule has 0 bridgehead atoms. The van der Waals surface area contributed by atoms with Crippen molar-refractivity contribution in [2.24, 2.45) is 0 Å². The molecule has 1 heterocycles. The van der Waals surface area contributed by atoms with Crippen molar-refractivity contribution in [1.29, 1.82) is 0 Å². The third-order valence-electron chi connectivity index (χ3n) is 3.41. The summed E-state index contributed by atoms with van der Waals surface area (Å²) >= 11 is 0. The molecule has 0 unspecified atom stereocenters. The standard InChI is InChI=1S/C16H20F2N2O/c1-4-8-19-15-10(3)13(5-2)20-14-7-6-11(9-12(14)15)21-16(17)18/h6-7,9,16H,4-5,8H2,1-3H3,(H,19,20). The molecule has 1 N–H and O–H groups in total. The van der Waals surface area contributed by atoms with E-state index in [1.807, 2.05) is 6.92 Å². The SMILES string of the molecule is CCCNc1c(C)c(CC)nc2ccc(OC(F)F)cc12. The van der Waals surface area contributed by atoms with Crippen molar-refractivity contribution in [2.75, 3.05) is 11.9 Å². The highest BCUT2D eigenvalue weighted by Crippen LogP contribution is 2.31. The first-order valence-electron chi connectivity index (χ1n) is 7.18. The average Bonchev–Trinajstić information content (AvgIpc) is 2.45. The van der Waals surface area contributed by atoms with Gasteiger partial charge in [-0.1, -0.05) is 13.8 Å². The number of halogens is 2. The van der Waals surface area contributed by atoms with Crippen molar-refractivity contribution in [1.82, 2.24) is 4.98 Å². The van der Waals surface area contributed by atoms with Crippen molar-refractivity contribution in [3.05, 3.63) is 29.5 Å². The predicted octanol–water partition coefficient (Wildman–Crippen LogP) is 4.53. The highest BCUT2D eigenvalue weighted by atomic mass is 19.3. The lowest BCUT2D eigenvalue weighted by Crippen LogP contribution is -2.07. The fourth-order valence-corrected chi connectivity index (χ4v) is 2.39. The van der Waals surface area contributed by atoms with Crippen LogP contribution in [0.4, 0.5) is 14.5 Å². The van der Waals surface area contributed by atoms with Crippen LogP contribution in [0, 0.1) is 6.92 Å². The maximum Gasteiger partial charge on any atom is 0.387 e. The molecule has 0 aliphatic rings. The number of rotatable bonds is 6. The molecule has 114 valence electrons. The number of nitrogens with zero attached hydrogens (tertiary/aromatic N) is 1. The van der Waals surface area contributed by atoms with Gasteiger partial charge in [-0.05, 0) is 43.5 Å². The Balaban J connectivity index is 2.57. The monoisotopic (exact) mass is 294 g/mol. The number of hydrogen-bond donors (Lipinski definition) is 1. The van der Waals surface area contributed by atoms with Crippen molar-refractivity contribution in [2.45, 2.75) is 40.2 Å². The van der Waals surface area contributed by atoms with E-state index in [4.69, 9.17) is 0 Å². The van der Waals surface area contributed by atoms with E-state index < -0.39 is 6.61 Å². The van der Waals surface area contributed by atoms with Crippen LogP contribution in [0.1, 0.15) is 31.5 Å². The maximum absolute atomic E-state index is 12.4. The molecular formula is C16H20F2N2O. The van der Waals surface area contributed by atoms with E-state index in [1.165, 1.54) is 6.07 Å². The summed E-state index contributed by atoms with van der Waals surface area (Å²) in [5.41, 5.74) is 3.83. The molecule has 0 saturated carbocycles. The van der Waals surface area contributed by atoms with Gasteiger partial charge in [-0.3, -0.25) is 4.98 Å². The Morgan fingerprint density at radius 1 is 1.29 bits per heavy atom. The zero-order valence-electron chi connectivity index (χ0n) is 12.5. The molecule has 0 atom stereocenters. The minimum Gasteiger partial charge on any atom is -0.435 e. The molecule has 0 aliphatic heterocycles. The molecule has 21 heavy (non-hydrogen) atoms. The number of aromatic nitrogens is 1. The molecule has 1 aromatic carbocycles. The Morgan fingerprint density at radius 3 is 2.67 bits per heavy atom. The van der Waals surface area contributed by atoms with E-state index in [0.29, 0.717) is 0 Å². The summed E-state index contributed by atoms with van der Waals surface area (Å²) in [6.07, 6.45) is 1.82. The Kier molecular flexibility index (Phi) is 4.94. The number of nitrogens with one attached hydrogen (secondary N) is 1. The topological polar surface area (TPSA) is 34.2 Å². The maximum atomic E-state index is 12.4. The van der Waals surface area contributed by atoms with Gasteiger partial charge in [-0.15, -0.1) is 0 Å². The molecule has 0 aliphatic carbocycles. The normalized spacial score (nSPS) is 11.1. The van der Waals surface area contributed by atoms with Crippen molar-refractivity contribution < 1.29 is 13.5 Å². The molecule has 1 aromatic heterocycles. The van der Waals surface area contributed by atoms with Crippen LogP contribution in [-0.4, -0.2) is 18.1 Å². The smallest absolute Gasteiger partial charge is 0.387 e. The Bertz CT molecular complexity index is 629. The van der Waals surface area contributed by atoms with Crippen LogP contribution in [0.25, 0.3) is 10.9 Å². The molecule has 0 radical (unpaired) electrons. The minimum atomic E-state index is -2.82. The number of ether oxygens (including phenoxy) is 1. The van der Waals surface area contributed by atoms with Gasteiger partial charge in [0.2, 0.25) is 0 Å². The van der Waals surface area contributed by atoms with Gasteiger partial charge in [-0.2, -0.15) is 8.78 Å². The number of anilines is 1. The number of aryl methyl sites for hydroxylation is 1. The molecule has 5 heteroatoms. The third kappa shape index (κ3) is 3.40. The minimum absolute atomic E-state index is 0.155. The van der Waals surface area contributed by atoms with E-state index in [2.05, 4.69) is 28.9 Å². The first-order chi connectivity index (χ1) is 10.1. The Hall–Kier alpha value is -1.91. The average molecular weight is 294 g/mol. The van der Waals surface area contributed by atoms with E-state index in [-0.39, 0.29) is 5.75 Å². The van der Waals surface area contributed by atoms with E-state index in [1.54, 1.807) is 12.1 Å². The summed E-state index contributed by atoms with van der Waals surface area (Å²) in [6.45, 7) is 4.14. The van der Waals surface area contributed by atoms with E-state index >= 15 is 0 Å². The lowest BCUT2D eigenvalue weighted by molar-refractivity contribution is -0.0497.